The van der Waals surface area contributed by atoms with E-state index in [0.29, 0.717) is 43.4 Å². The zero-order chi connectivity index (χ0) is 16.6. The lowest BCUT2D eigenvalue weighted by molar-refractivity contribution is 0.0850. The topological polar surface area (TPSA) is 55.8 Å². The molecule has 2 heterocycles. The Balaban J connectivity index is 1.84. The molecule has 6 heteroatoms. The van der Waals surface area contributed by atoms with Crippen LogP contribution in [0, 0.1) is 18.8 Å². The summed E-state index contributed by atoms with van der Waals surface area (Å²) in [5.41, 5.74) is 0.981. The van der Waals surface area contributed by atoms with Crippen LogP contribution in [0.1, 0.15) is 25.3 Å². The van der Waals surface area contributed by atoms with Crippen molar-refractivity contribution in [3.63, 3.8) is 0 Å². The van der Waals surface area contributed by atoms with Crippen LogP contribution in [-0.4, -0.2) is 45.6 Å². The minimum absolute atomic E-state index is 0.259. The van der Waals surface area contributed by atoms with E-state index in [0.717, 1.165) is 18.4 Å². The second-order valence-corrected chi connectivity index (χ2v) is 8.42. The third kappa shape index (κ3) is 2.99. The molecule has 0 bridgehead atoms. The lowest BCUT2D eigenvalue weighted by atomic mass is 9.84. The Hall–Kier alpha value is -1.11. The Morgan fingerprint density at radius 2 is 2.17 bits per heavy atom. The van der Waals surface area contributed by atoms with Gasteiger partial charge < -0.3 is 9.47 Å². The third-order valence-corrected chi connectivity index (χ3v) is 7.00. The summed E-state index contributed by atoms with van der Waals surface area (Å²) in [5, 5.41) is 0. The van der Waals surface area contributed by atoms with Crippen molar-refractivity contribution in [1.29, 1.82) is 0 Å². The monoisotopic (exact) mass is 339 g/mol. The summed E-state index contributed by atoms with van der Waals surface area (Å²) in [6.45, 7) is 5.82. The van der Waals surface area contributed by atoms with Crippen LogP contribution in [-0.2, 0) is 14.8 Å². The van der Waals surface area contributed by atoms with Gasteiger partial charge in [0.05, 0.1) is 19.8 Å². The Kier molecular flexibility index (Phi) is 4.67. The average molecular weight is 339 g/mol. The van der Waals surface area contributed by atoms with Crippen molar-refractivity contribution in [3.8, 4) is 5.75 Å². The first-order valence-electron chi connectivity index (χ1n) is 8.23. The van der Waals surface area contributed by atoms with E-state index in [1.165, 1.54) is 7.11 Å². The van der Waals surface area contributed by atoms with Gasteiger partial charge in [0.2, 0.25) is 10.0 Å². The molecule has 0 aromatic heterocycles. The smallest absolute Gasteiger partial charge is 0.246 e. The number of sulfonamides is 1. The van der Waals surface area contributed by atoms with Crippen LogP contribution in [0.5, 0.6) is 5.75 Å². The predicted octanol–water partition coefficient (Wildman–Crippen LogP) is 2.44. The number of ether oxygens (including phenoxy) is 2. The van der Waals surface area contributed by atoms with E-state index >= 15 is 0 Å². The fraction of sp³-hybridized carbons (Fsp3) is 0.647. The van der Waals surface area contributed by atoms with Crippen molar-refractivity contribution in [2.45, 2.75) is 37.7 Å². The molecule has 0 radical (unpaired) electrons. The van der Waals surface area contributed by atoms with Gasteiger partial charge in [0.15, 0.2) is 0 Å². The van der Waals surface area contributed by atoms with Gasteiger partial charge in [-0.1, -0.05) is 13.0 Å². The summed E-state index contributed by atoms with van der Waals surface area (Å²) in [5.74, 6) is 1.22. The Labute approximate surface area is 138 Å². The predicted molar refractivity (Wildman–Crippen MR) is 88.1 cm³/mol. The fourth-order valence-corrected chi connectivity index (χ4v) is 5.47. The number of piperidine rings is 1. The van der Waals surface area contributed by atoms with E-state index in [9.17, 15) is 8.42 Å². The van der Waals surface area contributed by atoms with E-state index < -0.39 is 10.0 Å². The average Bonchev–Trinajstić information content (AvgIpc) is 2.96. The van der Waals surface area contributed by atoms with Crippen LogP contribution in [0.4, 0.5) is 0 Å². The van der Waals surface area contributed by atoms with Crippen molar-refractivity contribution in [1.82, 2.24) is 4.31 Å². The number of hydrogen-bond acceptors (Lipinski definition) is 4. The molecule has 1 aromatic carbocycles. The van der Waals surface area contributed by atoms with E-state index in [2.05, 4.69) is 6.92 Å². The zero-order valence-electron chi connectivity index (χ0n) is 14.0. The van der Waals surface area contributed by atoms with Crippen LogP contribution in [0.3, 0.4) is 0 Å². The Morgan fingerprint density at radius 1 is 1.39 bits per heavy atom. The second-order valence-electron chi connectivity index (χ2n) is 6.51. The maximum atomic E-state index is 13.0. The summed E-state index contributed by atoms with van der Waals surface area (Å²) in [7, 11) is -2.02. The van der Waals surface area contributed by atoms with Gasteiger partial charge in [-0.25, -0.2) is 8.42 Å². The largest absolute Gasteiger partial charge is 0.495 e. The summed E-state index contributed by atoms with van der Waals surface area (Å²) < 4.78 is 38.8. The maximum Gasteiger partial charge on any atom is 0.246 e. The SMILES string of the molecule is CC[C@@H]1OC[C@H]2CN(S(=O)(=O)c3ccc(C)cc3OC)CC[C@H]21. The van der Waals surface area contributed by atoms with Crippen LogP contribution in [0.25, 0.3) is 0 Å². The molecule has 23 heavy (non-hydrogen) atoms. The van der Waals surface area contributed by atoms with Crippen molar-refractivity contribution >= 4 is 10.0 Å². The van der Waals surface area contributed by atoms with Gasteiger partial charge in [0.1, 0.15) is 10.6 Å². The molecule has 3 rings (SSSR count). The summed E-state index contributed by atoms with van der Waals surface area (Å²) in [4.78, 5) is 0.259. The Bertz CT molecular complexity index is 673. The first-order chi connectivity index (χ1) is 11.0. The molecule has 2 fully saturated rings. The molecule has 0 N–H and O–H groups in total. The van der Waals surface area contributed by atoms with Gasteiger partial charge in [0, 0.05) is 19.0 Å². The summed E-state index contributed by atoms with van der Waals surface area (Å²) in [6.07, 6.45) is 2.16. The highest BCUT2D eigenvalue weighted by molar-refractivity contribution is 7.89. The zero-order valence-corrected chi connectivity index (χ0v) is 14.8. The van der Waals surface area contributed by atoms with Gasteiger partial charge in [-0.15, -0.1) is 0 Å². The normalized spacial score (nSPS) is 28.6. The van der Waals surface area contributed by atoms with Gasteiger partial charge in [-0.3, -0.25) is 0 Å². The third-order valence-electron chi connectivity index (χ3n) is 5.10. The molecule has 2 aliphatic rings. The van der Waals surface area contributed by atoms with Crippen molar-refractivity contribution < 1.29 is 17.9 Å². The molecular weight excluding hydrogens is 314 g/mol. The molecule has 0 amide bonds. The number of fused-ring (bicyclic) bond motifs is 1. The molecule has 2 aliphatic heterocycles. The standard InChI is InChI=1S/C17H25NO4S/c1-4-15-14-7-8-18(10-13(14)11-22-15)23(19,20)17-6-5-12(2)9-16(17)21-3/h5-6,9,13-15H,4,7-8,10-11H2,1-3H3/t13-,14-,15+/m1/s1. The molecule has 0 saturated carbocycles. The molecule has 1 aromatic rings. The highest BCUT2D eigenvalue weighted by Gasteiger charge is 2.43. The van der Waals surface area contributed by atoms with Crippen molar-refractivity contribution in [2.24, 2.45) is 11.8 Å². The van der Waals surface area contributed by atoms with Crippen molar-refractivity contribution in [3.05, 3.63) is 23.8 Å². The first-order valence-corrected chi connectivity index (χ1v) is 9.67. The van der Waals surface area contributed by atoms with Crippen LogP contribution in [0.2, 0.25) is 0 Å². The van der Waals surface area contributed by atoms with E-state index in [4.69, 9.17) is 9.47 Å². The van der Waals surface area contributed by atoms with Crippen LogP contribution >= 0.6 is 0 Å². The lowest BCUT2D eigenvalue weighted by Crippen LogP contribution is -2.44. The highest BCUT2D eigenvalue weighted by Crippen LogP contribution is 2.38. The summed E-state index contributed by atoms with van der Waals surface area (Å²) in [6, 6.07) is 5.23. The number of methoxy groups -OCH3 is 1. The minimum Gasteiger partial charge on any atom is -0.495 e. The van der Waals surface area contributed by atoms with Crippen LogP contribution in [0.15, 0.2) is 23.1 Å². The van der Waals surface area contributed by atoms with E-state index in [1.807, 2.05) is 13.0 Å². The number of hydrogen-bond donors (Lipinski definition) is 0. The first kappa shape index (κ1) is 16.7. The van der Waals surface area contributed by atoms with Gasteiger partial charge in [-0.05, 0) is 43.4 Å². The Morgan fingerprint density at radius 3 is 2.87 bits per heavy atom. The highest BCUT2D eigenvalue weighted by atomic mass is 32.2. The molecule has 2 saturated heterocycles. The van der Waals surface area contributed by atoms with Crippen LogP contribution < -0.4 is 4.74 Å². The number of nitrogens with zero attached hydrogens (tertiary/aromatic N) is 1. The molecule has 0 unspecified atom stereocenters. The van der Waals surface area contributed by atoms with E-state index in [-0.39, 0.29) is 4.90 Å². The molecule has 3 atom stereocenters. The molecule has 0 aliphatic carbocycles. The van der Waals surface area contributed by atoms with Gasteiger partial charge in [-0.2, -0.15) is 4.31 Å². The number of rotatable bonds is 4. The summed E-state index contributed by atoms with van der Waals surface area (Å²) >= 11 is 0. The quantitative estimate of drug-likeness (QED) is 0.845. The fourth-order valence-electron chi connectivity index (χ4n) is 3.82. The molecule has 128 valence electrons. The molecule has 5 nitrogen and oxygen atoms in total. The molecule has 0 spiro atoms. The molecular formula is C17H25NO4S. The van der Waals surface area contributed by atoms with Gasteiger partial charge in [0.25, 0.3) is 0 Å². The lowest BCUT2D eigenvalue weighted by Gasteiger charge is -2.34. The maximum absolute atomic E-state index is 13.0. The minimum atomic E-state index is -3.53. The van der Waals surface area contributed by atoms with E-state index in [1.54, 1.807) is 16.4 Å². The second kappa shape index (κ2) is 6.42. The number of aryl methyl sites for hydroxylation is 1. The number of benzene rings is 1. The van der Waals surface area contributed by atoms with Crippen molar-refractivity contribution in [2.75, 3.05) is 26.8 Å². The van der Waals surface area contributed by atoms with Gasteiger partial charge >= 0.3 is 0 Å².